The fourth-order valence-corrected chi connectivity index (χ4v) is 2.73. The molecule has 0 bridgehead atoms. The molecule has 2 rings (SSSR count). The number of anilines is 1. The first kappa shape index (κ1) is 20.7. The number of hydrogen-bond donors (Lipinski definition) is 2. The number of carbonyl (C=O) groups excluding carboxylic acids is 1. The Hall–Kier alpha value is -2.65. The van der Waals surface area contributed by atoms with Crippen molar-refractivity contribution in [1.82, 2.24) is 5.32 Å². The van der Waals surface area contributed by atoms with E-state index in [2.05, 4.69) is 43.5 Å². The minimum absolute atomic E-state index is 0.130. The number of nitrogens with zero attached hydrogens (tertiary/aromatic N) is 1. The van der Waals surface area contributed by atoms with Crippen LogP contribution in [0.3, 0.4) is 0 Å². The van der Waals surface area contributed by atoms with E-state index in [4.69, 9.17) is 10.00 Å². The predicted molar refractivity (Wildman–Crippen MR) is 110 cm³/mol. The number of rotatable bonds is 7. The van der Waals surface area contributed by atoms with E-state index in [9.17, 15) is 4.79 Å². The maximum absolute atomic E-state index is 11.9. The van der Waals surface area contributed by atoms with Gasteiger partial charge in [-0.25, -0.2) is 4.79 Å². The van der Waals surface area contributed by atoms with Gasteiger partial charge in [0.15, 0.2) is 0 Å². The lowest BCUT2D eigenvalue weighted by Crippen LogP contribution is -2.30. The van der Waals surface area contributed by atoms with Crippen LogP contribution in [0, 0.1) is 10.7 Å². The Morgan fingerprint density at radius 1 is 1.11 bits per heavy atom. The zero-order valence-corrected chi connectivity index (χ0v) is 16.7. The summed E-state index contributed by atoms with van der Waals surface area (Å²) in [6.07, 6.45) is 0.714. The van der Waals surface area contributed by atoms with Gasteiger partial charge in [-0.3, -0.25) is 0 Å². The second-order valence-corrected chi connectivity index (χ2v) is 7.93. The standard InChI is InChI=1S/C21H25N3O2S/c1-21(2,3)16-5-9-18(10-6-16)26-14-4-13-23-20(25)24-17-7-11-19(12-8-17)27-15-22/h5-12H,4,13-14H2,1-3H3,(H2,23,24,25). The van der Waals surface area contributed by atoms with Gasteiger partial charge in [-0.05, 0) is 65.6 Å². The van der Waals surface area contributed by atoms with E-state index in [1.165, 1.54) is 5.56 Å². The number of thiocyanates is 1. The summed E-state index contributed by atoms with van der Waals surface area (Å²) in [5, 5.41) is 16.2. The Balaban J connectivity index is 1.65. The molecule has 6 heteroatoms. The predicted octanol–water partition coefficient (Wildman–Crippen LogP) is 5.15. The Morgan fingerprint density at radius 2 is 1.78 bits per heavy atom. The number of thioether (sulfide) groups is 1. The fourth-order valence-electron chi connectivity index (χ4n) is 2.35. The molecular weight excluding hydrogens is 358 g/mol. The van der Waals surface area contributed by atoms with E-state index < -0.39 is 0 Å². The summed E-state index contributed by atoms with van der Waals surface area (Å²) >= 11 is 1.09. The molecule has 2 aromatic rings. The normalized spacial score (nSPS) is 10.7. The average Bonchev–Trinajstić information content (AvgIpc) is 2.63. The summed E-state index contributed by atoms with van der Waals surface area (Å²) in [7, 11) is 0. The summed E-state index contributed by atoms with van der Waals surface area (Å²) in [4.78, 5) is 12.7. The first-order chi connectivity index (χ1) is 12.9. The molecule has 0 aliphatic carbocycles. The lowest BCUT2D eigenvalue weighted by molar-refractivity contribution is 0.250. The average molecular weight is 384 g/mol. The van der Waals surface area contributed by atoms with Gasteiger partial charge in [-0.1, -0.05) is 32.9 Å². The summed E-state index contributed by atoms with van der Waals surface area (Å²) < 4.78 is 5.71. The molecule has 0 saturated heterocycles. The van der Waals surface area contributed by atoms with E-state index in [0.29, 0.717) is 25.3 Å². The zero-order valence-electron chi connectivity index (χ0n) is 15.9. The molecule has 0 unspecified atom stereocenters. The van der Waals surface area contributed by atoms with Crippen molar-refractivity contribution in [2.75, 3.05) is 18.5 Å². The van der Waals surface area contributed by atoms with Gasteiger partial charge in [-0.15, -0.1) is 0 Å². The Morgan fingerprint density at radius 3 is 2.37 bits per heavy atom. The van der Waals surface area contributed by atoms with Gasteiger partial charge in [0.25, 0.3) is 0 Å². The molecule has 0 aliphatic heterocycles. The lowest BCUT2D eigenvalue weighted by Gasteiger charge is -2.19. The number of nitriles is 1. The third-order valence-corrected chi connectivity index (χ3v) is 4.47. The maximum Gasteiger partial charge on any atom is 0.319 e. The number of hydrogen-bond acceptors (Lipinski definition) is 4. The number of amides is 2. The molecule has 2 amide bonds. The van der Waals surface area contributed by atoms with Crippen LogP contribution < -0.4 is 15.4 Å². The third-order valence-electron chi connectivity index (χ3n) is 3.87. The van der Waals surface area contributed by atoms with Crippen LogP contribution >= 0.6 is 11.8 Å². The van der Waals surface area contributed by atoms with E-state index >= 15 is 0 Å². The highest BCUT2D eigenvalue weighted by molar-refractivity contribution is 8.03. The maximum atomic E-state index is 11.9. The monoisotopic (exact) mass is 383 g/mol. The first-order valence-corrected chi connectivity index (χ1v) is 9.64. The molecule has 0 atom stereocenters. The second-order valence-electron chi connectivity index (χ2n) is 7.08. The van der Waals surface area contributed by atoms with Gasteiger partial charge in [-0.2, -0.15) is 5.26 Å². The first-order valence-electron chi connectivity index (χ1n) is 8.83. The Labute approximate surface area is 165 Å². The van der Waals surface area contributed by atoms with Crippen LogP contribution in [-0.4, -0.2) is 19.2 Å². The van der Waals surface area contributed by atoms with Crippen molar-refractivity contribution in [2.45, 2.75) is 37.5 Å². The Kier molecular flexibility index (Phi) is 7.56. The van der Waals surface area contributed by atoms with Gasteiger partial charge < -0.3 is 15.4 Å². The summed E-state index contributed by atoms with van der Waals surface area (Å²) in [6, 6.07) is 15.0. The van der Waals surface area contributed by atoms with Crippen LogP contribution in [0.1, 0.15) is 32.8 Å². The number of urea groups is 1. The highest BCUT2D eigenvalue weighted by atomic mass is 32.2. The lowest BCUT2D eigenvalue weighted by atomic mass is 9.87. The third kappa shape index (κ3) is 7.24. The van der Waals surface area contributed by atoms with Crippen molar-refractivity contribution >= 4 is 23.5 Å². The quantitative estimate of drug-likeness (QED) is 0.394. The van der Waals surface area contributed by atoms with Crippen LogP contribution in [0.4, 0.5) is 10.5 Å². The molecule has 2 N–H and O–H groups in total. The topological polar surface area (TPSA) is 74.2 Å². The van der Waals surface area contributed by atoms with Gasteiger partial charge >= 0.3 is 6.03 Å². The van der Waals surface area contributed by atoms with Crippen molar-refractivity contribution in [3.8, 4) is 11.2 Å². The van der Waals surface area contributed by atoms with Crippen molar-refractivity contribution < 1.29 is 9.53 Å². The number of nitrogens with one attached hydrogen (secondary N) is 2. The SMILES string of the molecule is CC(C)(C)c1ccc(OCCCNC(=O)Nc2ccc(SC#N)cc2)cc1. The molecule has 0 heterocycles. The molecule has 0 saturated carbocycles. The van der Waals surface area contributed by atoms with E-state index in [-0.39, 0.29) is 11.4 Å². The number of ether oxygens (including phenoxy) is 1. The van der Waals surface area contributed by atoms with Crippen molar-refractivity contribution in [3.63, 3.8) is 0 Å². The van der Waals surface area contributed by atoms with E-state index in [1.807, 2.05) is 17.5 Å². The highest BCUT2D eigenvalue weighted by Crippen LogP contribution is 2.24. The van der Waals surface area contributed by atoms with Crippen LogP contribution in [-0.2, 0) is 5.41 Å². The van der Waals surface area contributed by atoms with Crippen LogP contribution in [0.15, 0.2) is 53.4 Å². The molecule has 0 fully saturated rings. The summed E-state index contributed by atoms with van der Waals surface area (Å²) in [6.45, 7) is 7.60. The largest absolute Gasteiger partial charge is 0.494 e. The molecule has 0 spiro atoms. The molecule has 2 aromatic carbocycles. The summed E-state index contributed by atoms with van der Waals surface area (Å²) in [5.41, 5.74) is 2.09. The van der Waals surface area contributed by atoms with E-state index in [1.54, 1.807) is 24.3 Å². The van der Waals surface area contributed by atoms with Crippen molar-refractivity contribution in [3.05, 3.63) is 54.1 Å². The minimum Gasteiger partial charge on any atom is -0.494 e. The fraction of sp³-hybridized carbons (Fsp3) is 0.333. The second kappa shape index (κ2) is 9.89. The van der Waals surface area contributed by atoms with E-state index in [0.717, 1.165) is 22.4 Å². The van der Waals surface area contributed by atoms with Gasteiger partial charge in [0.2, 0.25) is 0 Å². The molecule has 0 aliphatic rings. The zero-order chi connectivity index (χ0) is 19.7. The molecule has 27 heavy (non-hydrogen) atoms. The van der Waals surface area contributed by atoms with Gasteiger partial charge in [0.1, 0.15) is 11.2 Å². The molecule has 142 valence electrons. The smallest absolute Gasteiger partial charge is 0.319 e. The molecular formula is C21H25N3O2S. The summed E-state index contributed by atoms with van der Waals surface area (Å²) in [5.74, 6) is 0.836. The van der Waals surface area contributed by atoms with Crippen molar-refractivity contribution in [1.29, 1.82) is 5.26 Å². The minimum atomic E-state index is -0.259. The highest BCUT2D eigenvalue weighted by Gasteiger charge is 2.12. The molecule has 0 radical (unpaired) electrons. The number of carbonyl (C=O) groups is 1. The van der Waals surface area contributed by atoms with Crippen LogP contribution in [0.5, 0.6) is 5.75 Å². The van der Waals surface area contributed by atoms with Crippen molar-refractivity contribution in [2.24, 2.45) is 0 Å². The Bertz CT molecular complexity index is 775. The number of benzene rings is 2. The van der Waals surface area contributed by atoms with Gasteiger partial charge in [0, 0.05) is 17.1 Å². The molecule has 0 aromatic heterocycles. The van der Waals surface area contributed by atoms with Gasteiger partial charge in [0.05, 0.1) is 6.61 Å². The molecule has 5 nitrogen and oxygen atoms in total. The van der Waals surface area contributed by atoms with Crippen LogP contribution in [0.2, 0.25) is 0 Å². The van der Waals surface area contributed by atoms with Crippen LogP contribution in [0.25, 0.3) is 0 Å².